The van der Waals surface area contributed by atoms with Crippen LogP contribution in [0, 0.1) is 0 Å². The van der Waals surface area contributed by atoms with Crippen LogP contribution in [0.2, 0.25) is 0 Å². The quantitative estimate of drug-likeness (QED) is 0.725. The summed E-state index contributed by atoms with van der Waals surface area (Å²) in [6.45, 7) is 6.00. The summed E-state index contributed by atoms with van der Waals surface area (Å²) in [5.41, 5.74) is 0. The third-order valence-electron chi connectivity index (χ3n) is 3.42. The van der Waals surface area contributed by atoms with Gasteiger partial charge in [-0.25, -0.2) is 0 Å². The van der Waals surface area contributed by atoms with Crippen LogP contribution in [0.5, 0.6) is 0 Å². The van der Waals surface area contributed by atoms with Gasteiger partial charge in [-0.05, 0) is 46.6 Å². The number of thiol groups is 1. The van der Waals surface area contributed by atoms with Crippen LogP contribution in [0.3, 0.4) is 0 Å². The molecule has 0 N–H and O–H groups in total. The van der Waals surface area contributed by atoms with Gasteiger partial charge in [0, 0.05) is 25.0 Å². The molecule has 0 saturated heterocycles. The highest BCUT2D eigenvalue weighted by atomic mass is 32.1. The van der Waals surface area contributed by atoms with Crippen LogP contribution in [0.4, 0.5) is 0 Å². The molecule has 16 heavy (non-hydrogen) atoms. The maximum absolute atomic E-state index is 11.5. The molecule has 2 atom stereocenters. The molecule has 1 rings (SSSR count). The zero-order valence-corrected chi connectivity index (χ0v) is 11.7. The van der Waals surface area contributed by atoms with Crippen LogP contribution < -0.4 is 0 Å². The van der Waals surface area contributed by atoms with E-state index in [9.17, 15) is 4.79 Å². The first-order valence-electron chi connectivity index (χ1n) is 6.14. The molecule has 1 aliphatic carbocycles. The fourth-order valence-corrected chi connectivity index (χ4v) is 2.20. The molecule has 0 aromatic carbocycles. The van der Waals surface area contributed by atoms with Gasteiger partial charge in [0.25, 0.3) is 0 Å². The zero-order chi connectivity index (χ0) is 12.3. The maximum atomic E-state index is 11.5. The van der Waals surface area contributed by atoms with E-state index in [2.05, 4.69) is 31.6 Å². The highest BCUT2D eigenvalue weighted by molar-refractivity contribution is 7.77. The van der Waals surface area contributed by atoms with Crippen molar-refractivity contribution < 1.29 is 4.79 Å². The standard InChI is InChI=1S/C12H24N2OS/c1-9(13(4)16)5-6-10(2)14(11(3)15)12-7-8-12/h9-10,12,16H,5-8H2,1-4H3. The lowest BCUT2D eigenvalue weighted by molar-refractivity contribution is -0.131. The molecule has 1 fully saturated rings. The van der Waals surface area contributed by atoms with Gasteiger partial charge in [0.15, 0.2) is 0 Å². The molecule has 0 bridgehead atoms. The first-order valence-corrected chi connectivity index (χ1v) is 6.54. The van der Waals surface area contributed by atoms with Gasteiger partial charge in [0.1, 0.15) is 0 Å². The molecule has 0 aromatic heterocycles. The summed E-state index contributed by atoms with van der Waals surface area (Å²) >= 11 is 4.29. The van der Waals surface area contributed by atoms with Crippen molar-refractivity contribution in [3.63, 3.8) is 0 Å². The Balaban J connectivity index is 2.37. The van der Waals surface area contributed by atoms with Crippen molar-refractivity contribution in [1.82, 2.24) is 9.21 Å². The fourth-order valence-electron chi connectivity index (χ4n) is 2.09. The second-order valence-corrected chi connectivity index (χ2v) is 5.64. The van der Waals surface area contributed by atoms with Gasteiger partial charge < -0.3 is 4.90 Å². The van der Waals surface area contributed by atoms with E-state index >= 15 is 0 Å². The number of rotatable bonds is 6. The van der Waals surface area contributed by atoms with Gasteiger partial charge >= 0.3 is 0 Å². The summed E-state index contributed by atoms with van der Waals surface area (Å²) in [4.78, 5) is 13.6. The summed E-state index contributed by atoms with van der Waals surface area (Å²) in [7, 11) is 1.97. The predicted molar refractivity (Wildman–Crippen MR) is 70.4 cm³/mol. The SMILES string of the molecule is CC(=O)N(C(C)CCC(C)N(C)S)C1CC1. The van der Waals surface area contributed by atoms with Crippen LogP contribution in [0.1, 0.15) is 46.5 Å². The Bertz CT molecular complexity index is 241. The smallest absolute Gasteiger partial charge is 0.219 e. The molecule has 1 amide bonds. The highest BCUT2D eigenvalue weighted by Gasteiger charge is 2.33. The third-order valence-corrected chi connectivity index (χ3v) is 3.81. The van der Waals surface area contributed by atoms with Gasteiger partial charge in [-0.15, -0.1) is 0 Å². The zero-order valence-electron chi connectivity index (χ0n) is 10.8. The largest absolute Gasteiger partial charge is 0.337 e. The Kier molecular flexibility index (Phi) is 5.12. The van der Waals surface area contributed by atoms with Crippen molar-refractivity contribution in [1.29, 1.82) is 0 Å². The van der Waals surface area contributed by atoms with Crippen LogP contribution in [0.15, 0.2) is 0 Å². The predicted octanol–water partition coefficient (Wildman–Crippen LogP) is 2.33. The van der Waals surface area contributed by atoms with Crippen LogP contribution in [-0.2, 0) is 4.79 Å². The molecular weight excluding hydrogens is 220 g/mol. The number of nitrogens with zero attached hydrogens (tertiary/aromatic N) is 2. The summed E-state index contributed by atoms with van der Waals surface area (Å²) in [6, 6.07) is 1.34. The molecule has 94 valence electrons. The highest BCUT2D eigenvalue weighted by Crippen LogP contribution is 2.30. The second-order valence-electron chi connectivity index (χ2n) is 5.01. The van der Waals surface area contributed by atoms with E-state index in [0.29, 0.717) is 18.1 Å². The Morgan fingerprint density at radius 1 is 1.31 bits per heavy atom. The van der Waals surface area contributed by atoms with Crippen LogP contribution in [-0.4, -0.2) is 40.3 Å². The Hall–Kier alpha value is -0.220. The van der Waals surface area contributed by atoms with E-state index in [1.807, 2.05) is 11.4 Å². The molecule has 0 spiro atoms. The molecule has 4 heteroatoms. The monoisotopic (exact) mass is 244 g/mol. The minimum atomic E-state index is 0.224. The van der Waals surface area contributed by atoms with Crippen molar-refractivity contribution in [3.8, 4) is 0 Å². The Morgan fingerprint density at radius 3 is 2.19 bits per heavy atom. The molecule has 0 radical (unpaired) electrons. The first-order chi connectivity index (χ1) is 7.43. The van der Waals surface area contributed by atoms with Crippen molar-refractivity contribution in [2.45, 2.75) is 64.6 Å². The average molecular weight is 244 g/mol. The van der Waals surface area contributed by atoms with Gasteiger partial charge in [-0.3, -0.25) is 9.10 Å². The molecule has 3 nitrogen and oxygen atoms in total. The molecule has 2 unspecified atom stereocenters. The van der Waals surface area contributed by atoms with Crippen molar-refractivity contribution in [2.75, 3.05) is 7.05 Å². The van der Waals surface area contributed by atoms with Crippen molar-refractivity contribution >= 4 is 18.7 Å². The van der Waals surface area contributed by atoms with Gasteiger partial charge in [-0.1, -0.05) is 12.8 Å². The van der Waals surface area contributed by atoms with Gasteiger partial charge in [-0.2, -0.15) is 0 Å². The summed E-state index contributed by atoms with van der Waals surface area (Å²) < 4.78 is 1.93. The minimum Gasteiger partial charge on any atom is -0.337 e. The number of hydrogen-bond acceptors (Lipinski definition) is 3. The van der Waals surface area contributed by atoms with E-state index < -0.39 is 0 Å². The van der Waals surface area contributed by atoms with E-state index in [1.165, 1.54) is 12.8 Å². The normalized spacial score (nSPS) is 19.6. The summed E-state index contributed by atoms with van der Waals surface area (Å²) in [5, 5.41) is 0. The van der Waals surface area contributed by atoms with E-state index in [-0.39, 0.29) is 5.91 Å². The van der Waals surface area contributed by atoms with Crippen LogP contribution >= 0.6 is 12.8 Å². The van der Waals surface area contributed by atoms with Crippen molar-refractivity contribution in [2.24, 2.45) is 0 Å². The molecule has 0 aliphatic heterocycles. The third kappa shape index (κ3) is 3.98. The van der Waals surface area contributed by atoms with Crippen molar-refractivity contribution in [3.05, 3.63) is 0 Å². The topological polar surface area (TPSA) is 23.6 Å². The van der Waals surface area contributed by atoms with Crippen LogP contribution in [0.25, 0.3) is 0 Å². The van der Waals surface area contributed by atoms with Gasteiger partial charge in [0.2, 0.25) is 5.91 Å². The number of hydrogen-bond donors (Lipinski definition) is 1. The average Bonchev–Trinajstić information content (AvgIpc) is 2.97. The lowest BCUT2D eigenvalue weighted by Gasteiger charge is -2.30. The number of amides is 1. The lowest BCUT2D eigenvalue weighted by Crippen LogP contribution is -2.39. The van der Waals surface area contributed by atoms with E-state index in [0.717, 1.165) is 12.8 Å². The fraction of sp³-hybridized carbons (Fsp3) is 0.917. The minimum absolute atomic E-state index is 0.224. The molecular formula is C12H24N2OS. The molecule has 1 aliphatic rings. The summed E-state index contributed by atoms with van der Waals surface area (Å²) in [6.07, 6.45) is 4.51. The summed E-state index contributed by atoms with van der Waals surface area (Å²) in [5.74, 6) is 0.224. The van der Waals surface area contributed by atoms with E-state index in [4.69, 9.17) is 0 Å². The lowest BCUT2D eigenvalue weighted by atomic mass is 10.1. The molecule has 1 saturated carbocycles. The second kappa shape index (κ2) is 5.92. The molecule has 0 heterocycles. The Morgan fingerprint density at radius 2 is 1.81 bits per heavy atom. The number of carbonyl (C=O) groups is 1. The maximum Gasteiger partial charge on any atom is 0.219 e. The first kappa shape index (κ1) is 13.8. The number of carbonyl (C=O) groups excluding carboxylic acids is 1. The van der Waals surface area contributed by atoms with Gasteiger partial charge in [0.05, 0.1) is 0 Å². The Labute approximate surface area is 105 Å². The van der Waals surface area contributed by atoms with E-state index in [1.54, 1.807) is 6.92 Å². The molecule has 0 aromatic rings.